The second-order valence-electron chi connectivity index (χ2n) is 5.66. The third kappa shape index (κ3) is 4.11. The van der Waals surface area contributed by atoms with Crippen LogP contribution in [0.2, 0.25) is 0 Å². The van der Waals surface area contributed by atoms with Gasteiger partial charge in [-0.2, -0.15) is 5.10 Å². The molecule has 0 aliphatic heterocycles. The largest absolute Gasteiger partial charge is 0.382 e. The number of nitrogens with two attached hydrogens (primary N) is 1. The van der Waals surface area contributed by atoms with Gasteiger partial charge in [-0.05, 0) is 25.3 Å². The topological polar surface area (TPSA) is 91.4 Å². The lowest BCUT2D eigenvalue weighted by molar-refractivity contribution is 1.06. The summed E-state index contributed by atoms with van der Waals surface area (Å²) in [6.07, 6.45) is 0. The molecule has 6 heteroatoms. The maximum atomic E-state index is 5.70. The minimum atomic E-state index is 0.444. The number of hydrogen-bond acceptors (Lipinski definition) is 3. The van der Waals surface area contributed by atoms with Gasteiger partial charge >= 0.3 is 0 Å². The van der Waals surface area contributed by atoms with Crippen molar-refractivity contribution < 1.29 is 0 Å². The summed E-state index contributed by atoms with van der Waals surface area (Å²) in [6.45, 7) is 6.20. The average Bonchev–Trinajstić information content (AvgIpc) is 3.06. The maximum absolute atomic E-state index is 5.70. The highest BCUT2D eigenvalue weighted by Crippen LogP contribution is 2.27. The van der Waals surface area contributed by atoms with Gasteiger partial charge in [0.25, 0.3) is 0 Å². The van der Waals surface area contributed by atoms with Crippen molar-refractivity contribution in [1.29, 1.82) is 0 Å². The number of nitrogens with one attached hydrogen (secondary N) is 2. The predicted octanol–water partition coefficient (Wildman–Crippen LogP) is 3.64. The van der Waals surface area contributed by atoms with Crippen molar-refractivity contribution in [3.05, 3.63) is 65.7 Å². The van der Waals surface area contributed by atoms with Crippen LogP contribution in [0.15, 0.2) is 64.6 Å². The van der Waals surface area contributed by atoms with Crippen LogP contribution in [0.25, 0.3) is 11.3 Å². The third-order valence-corrected chi connectivity index (χ3v) is 3.74. The fraction of sp³-hybridized carbons (Fsp3) is 0.105. The smallest absolute Gasteiger partial charge is 0.222 e. The molecule has 6 nitrogen and oxygen atoms in total. The van der Waals surface area contributed by atoms with Gasteiger partial charge in [-0.15, -0.1) is 0 Å². The molecule has 0 fully saturated rings. The first-order valence-corrected chi connectivity index (χ1v) is 7.90. The van der Waals surface area contributed by atoms with Crippen LogP contribution in [0.1, 0.15) is 11.1 Å². The number of aliphatic imine (C=N–C) groups is 2. The van der Waals surface area contributed by atoms with Crippen molar-refractivity contribution in [3.63, 3.8) is 0 Å². The number of hydrogen-bond donors (Lipinski definition) is 3. The molecule has 0 unspecified atom stereocenters. The summed E-state index contributed by atoms with van der Waals surface area (Å²) in [7, 11) is 0. The number of nitrogens with zero attached hydrogens (tertiary/aromatic N) is 3. The lowest BCUT2D eigenvalue weighted by Gasteiger charge is -2.10. The molecule has 0 aliphatic rings. The van der Waals surface area contributed by atoms with E-state index >= 15 is 0 Å². The minimum Gasteiger partial charge on any atom is -0.382 e. The Labute approximate surface area is 146 Å². The summed E-state index contributed by atoms with van der Waals surface area (Å²) in [4.78, 5) is 8.50. The predicted molar refractivity (Wildman–Crippen MR) is 104 cm³/mol. The fourth-order valence-corrected chi connectivity index (χ4v) is 2.41. The van der Waals surface area contributed by atoms with Gasteiger partial charge in [0.2, 0.25) is 5.96 Å². The Kier molecular flexibility index (Phi) is 4.89. The van der Waals surface area contributed by atoms with E-state index in [1.807, 2.05) is 24.3 Å². The molecule has 3 aromatic rings. The summed E-state index contributed by atoms with van der Waals surface area (Å²) in [5, 5.41) is 10.1. The molecule has 0 saturated heterocycles. The van der Waals surface area contributed by atoms with Crippen LogP contribution in [0.4, 0.5) is 11.5 Å². The lowest BCUT2D eigenvalue weighted by atomic mass is 10.1. The van der Waals surface area contributed by atoms with Crippen molar-refractivity contribution in [3.8, 4) is 11.3 Å². The van der Waals surface area contributed by atoms with Gasteiger partial charge in [0, 0.05) is 11.6 Å². The summed E-state index contributed by atoms with van der Waals surface area (Å²) < 4.78 is 0. The maximum Gasteiger partial charge on any atom is 0.222 e. The Morgan fingerprint density at radius 1 is 1.20 bits per heavy atom. The monoisotopic (exact) mass is 332 g/mol. The average molecular weight is 332 g/mol. The van der Waals surface area contributed by atoms with E-state index in [2.05, 4.69) is 63.4 Å². The lowest BCUT2D eigenvalue weighted by Crippen LogP contribution is -2.10. The van der Waals surface area contributed by atoms with Gasteiger partial charge in [-0.3, -0.25) is 5.10 Å². The second kappa shape index (κ2) is 7.44. The highest BCUT2D eigenvalue weighted by Gasteiger charge is 2.08. The van der Waals surface area contributed by atoms with Crippen LogP contribution in [-0.4, -0.2) is 22.9 Å². The van der Waals surface area contributed by atoms with E-state index in [-0.39, 0.29) is 0 Å². The van der Waals surface area contributed by atoms with Gasteiger partial charge in [0.05, 0.1) is 17.9 Å². The van der Waals surface area contributed by atoms with Crippen LogP contribution in [0.5, 0.6) is 0 Å². The molecule has 0 radical (unpaired) electrons. The van der Waals surface area contributed by atoms with E-state index in [9.17, 15) is 0 Å². The van der Waals surface area contributed by atoms with Crippen LogP contribution in [-0.2, 0) is 6.54 Å². The molecule has 0 aliphatic carbocycles. The SMILES string of the molecule is C=NC(=NCc1ccc(C)cc1)Nc1ccccc1-c1cc(N)n[nH]1. The number of nitrogen functional groups attached to an aromatic ring is 1. The summed E-state index contributed by atoms with van der Waals surface area (Å²) in [5.41, 5.74) is 10.6. The summed E-state index contributed by atoms with van der Waals surface area (Å²) >= 11 is 0. The normalized spacial score (nSPS) is 11.3. The first-order valence-electron chi connectivity index (χ1n) is 7.90. The molecule has 4 N–H and O–H groups in total. The number of guanidine groups is 1. The Hall–Kier alpha value is -3.41. The number of rotatable bonds is 4. The number of benzene rings is 2. The molecule has 25 heavy (non-hydrogen) atoms. The van der Waals surface area contributed by atoms with Gasteiger partial charge in [-0.25, -0.2) is 9.98 Å². The van der Waals surface area contributed by atoms with Gasteiger partial charge in [0.1, 0.15) is 5.82 Å². The highest BCUT2D eigenvalue weighted by atomic mass is 15.2. The van der Waals surface area contributed by atoms with E-state index in [4.69, 9.17) is 5.73 Å². The molecule has 0 amide bonds. The molecule has 0 atom stereocenters. The zero-order valence-corrected chi connectivity index (χ0v) is 14.0. The van der Waals surface area contributed by atoms with Crippen molar-refractivity contribution in [2.24, 2.45) is 9.98 Å². The summed E-state index contributed by atoms with van der Waals surface area (Å²) in [6, 6.07) is 17.8. The molecule has 1 heterocycles. The van der Waals surface area contributed by atoms with Crippen LogP contribution in [0, 0.1) is 6.92 Å². The van der Waals surface area contributed by atoms with Gasteiger partial charge in [0.15, 0.2) is 0 Å². The zero-order chi connectivity index (χ0) is 17.6. The molecule has 2 aromatic carbocycles. The van der Waals surface area contributed by atoms with Gasteiger partial charge < -0.3 is 11.1 Å². The van der Waals surface area contributed by atoms with Crippen molar-refractivity contribution in [2.45, 2.75) is 13.5 Å². The Bertz CT molecular complexity index is 892. The molecule has 0 saturated carbocycles. The van der Waals surface area contributed by atoms with E-state index in [1.54, 1.807) is 6.07 Å². The molecule has 126 valence electrons. The van der Waals surface area contributed by atoms with E-state index < -0.39 is 0 Å². The van der Waals surface area contributed by atoms with Crippen molar-refractivity contribution >= 4 is 24.2 Å². The van der Waals surface area contributed by atoms with Crippen molar-refractivity contribution in [1.82, 2.24) is 10.2 Å². The number of H-pyrrole nitrogens is 1. The Morgan fingerprint density at radius 3 is 2.64 bits per heavy atom. The number of aromatic amines is 1. The van der Waals surface area contributed by atoms with Crippen LogP contribution < -0.4 is 11.1 Å². The molecule has 0 bridgehead atoms. The number of para-hydroxylation sites is 1. The van der Waals surface area contributed by atoms with E-state index in [1.165, 1.54) is 5.56 Å². The minimum absolute atomic E-state index is 0.444. The number of aryl methyl sites for hydroxylation is 1. The van der Waals surface area contributed by atoms with E-state index in [0.29, 0.717) is 18.3 Å². The first-order chi connectivity index (χ1) is 12.2. The third-order valence-electron chi connectivity index (χ3n) is 3.74. The van der Waals surface area contributed by atoms with Crippen molar-refractivity contribution in [2.75, 3.05) is 11.1 Å². The standard InChI is InChI=1S/C19H20N6/c1-13-7-9-14(10-8-13)12-22-19(21-2)23-16-6-4-3-5-15(16)17-11-18(20)25-24-17/h3-11H,2,12H2,1H3,(H,22,23)(H3,20,24,25). The Balaban J connectivity index is 1.81. The number of anilines is 2. The molecule has 3 rings (SSSR count). The quantitative estimate of drug-likeness (QED) is 0.503. The van der Waals surface area contributed by atoms with E-state index in [0.717, 1.165) is 22.5 Å². The summed E-state index contributed by atoms with van der Waals surface area (Å²) in [5.74, 6) is 0.903. The highest BCUT2D eigenvalue weighted by molar-refractivity contribution is 5.99. The molecular formula is C19H20N6. The first kappa shape index (κ1) is 16.4. The van der Waals surface area contributed by atoms with Gasteiger partial charge in [-0.1, -0.05) is 48.0 Å². The second-order valence-corrected chi connectivity index (χ2v) is 5.66. The zero-order valence-electron chi connectivity index (χ0n) is 14.0. The van der Waals surface area contributed by atoms with Crippen LogP contribution >= 0.6 is 0 Å². The Morgan fingerprint density at radius 2 is 1.96 bits per heavy atom. The number of aromatic nitrogens is 2. The fourth-order valence-electron chi connectivity index (χ4n) is 2.41. The molecule has 0 spiro atoms. The molecular weight excluding hydrogens is 312 g/mol. The molecule has 1 aromatic heterocycles. The van der Waals surface area contributed by atoms with Crippen LogP contribution in [0.3, 0.4) is 0 Å².